The number of hydrogen-bond donors (Lipinski definition) is 2. The molecule has 5 heteroatoms. The van der Waals surface area contributed by atoms with Gasteiger partial charge in [-0.2, -0.15) is 5.10 Å². The second-order valence-corrected chi connectivity index (χ2v) is 6.49. The first-order chi connectivity index (χ1) is 9.45. The molecule has 1 heterocycles. The fourth-order valence-electron chi connectivity index (χ4n) is 3.08. The zero-order valence-electron chi connectivity index (χ0n) is 11.5. The highest BCUT2D eigenvalue weighted by Crippen LogP contribution is 2.48. The minimum atomic E-state index is -1.09. The Kier molecular flexibility index (Phi) is 3.23. The van der Waals surface area contributed by atoms with E-state index in [4.69, 9.17) is 5.73 Å². The van der Waals surface area contributed by atoms with E-state index in [2.05, 4.69) is 21.0 Å². The van der Waals surface area contributed by atoms with Gasteiger partial charge in [0.1, 0.15) is 5.60 Å². The Balaban J connectivity index is 2.23. The maximum atomic E-state index is 11.3. The monoisotopic (exact) mass is 335 g/mol. The minimum absolute atomic E-state index is 0.154. The summed E-state index contributed by atoms with van der Waals surface area (Å²) in [5.41, 5.74) is 7.79. The molecule has 106 valence electrons. The summed E-state index contributed by atoms with van der Waals surface area (Å²) in [5.74, 6) is 0. The number of benzene rings is 1. The van der Waals surface area contributed by atoms with E-state index < -0.39 is 5.60 Å². The van der Waals surface area contributed by atoms with Crippen molar-refractivity contribution in [3.63, 3.8) is 0 Å². The molecule has 3 rings (SSSR count). The summed E-state index contributed by atoms with van der Waals surface area (Å²) >= 11 is 3.52. The third-order valence-corrected chi connectivity index (χ3v) is 4.53. The second kappa shape index (κ2) is 4.69. The van der Waals surface area contributed by atoms with Crippen LogP contribution in [0.15, 0.2) is 34.9 Å². The molecule has 1 aliphatic carbocycles. The number of nitrogens with two attached hydrogens (primary N) is 1. The molecule has 0 radical (unpaired) electrons. The first kappa shape index (κ1) is 13.8. The fourth-order valence-corrected chi connectivity index (χ4v) is 3.68. The van der Waals surface area contributed by atoms with E-state index >= 15 is 0 Å². The Hall–Kier alpha value is -1.17. The number of aliphatic hydroxyl groups is 1. The van der Waals surface area contributed by atoms with Gasteiger partial charge in [0.15, 0.2) is 0 Å². The molecule has 1 aromatic carbocycles. The van der Waals surface area contributed by atoms with Crippen LogP contribution in [0.2, 0.25) is 0 Å². The minimum Gasteiger partial charge on any atom is -0.379 e. The molecule has 3 N–H and O–H groups in total. The van der Waals surface area contributed by atoms with E-state index in [1.807, 2.05) is 42.8 Å². The Morgan fingerprint density at radius 1 is 1.45 bits per heavy atom. The Morgan fingerprint density at radius 2 is 2.15 bits per heavy atom. The standard InChI is InChI=1S/C15H18BrN3O/c1-9(2)19-14(12(16)8-18-19)15(20)7-13(17)10-5-3-4-6-11(10)15/h3-6,8-9,13,20H,7,17H2,1-2H3. The summed E-state index contributed by atoms with van der Waals surface area (Å²) in [6, 6.07) is 7.85. The van der Waals surface area contributed by atoms with Gasteiger partial charge in [-0.15, -0.1) is 0 Å². The number of nitrogens with zero attached hydrogens (tertiary/aromatic N) is 2. The first-order valence-corrected chi connectivity index (χ1v) is 7.55. The van der Waals surface area contributed by atoms with Crippen LogP contribution in [0.3, 0.4) is 0 Å². The van der Waals surface area contributed by atoms with E-state index in [-0.39, 0.29) is 12.1 Å². The van der Waals surface area contributed by atoms with E-state index in [0.717, 1.165) is 21.3 Å². The van der Waals surface area contributed by atoms with Crippen molar-refractivity contribution in [1.29, 1.82) is 0 Å². The van der Waals surface area contributed by atoms with Gasteiger partial charge in [-0.1, -0.05) is 24.3 Å². The van der Waals surface area contributed by atoms with Gasteiger partial charge in [-0.05, 0) is 40.9 Å². The van der Waals surface area contributed by atoms with Crippen molar-refractivity contribution in [3.8, 4) is 0 Å². The van der Waals surface area contributed by atoms with E-state index in [1.54, 1.807) is 6.20 Å². The number of halogens is 1. The summed E-state index contributed by atoms with van der Waals surface area (Å²) in [6.45, 7) is 4.10. The van der Waals surface area contributed by atoms with Crippen molar-refractivity contribution < 1.29 is 5.11 Å². The van der Waals surface area contributed by atoms with Crippen molar-refractivity contribution in [2.24, 2.45) is 5.73 Å². The Labute approximate surface area is 126 Å². The largest absolute Gasteiger partial charge is 0.379 e. The Bertz CT molecular complexity index is 652. The lowest BCUT2D eigenvalue weighted by Crippen LogP contribution is -2.30. The van der Waals surface area contributed by atoms with Crippen LogP contribution in [-0.2, 0) is 5.60 Å². The van der Waals surface area contributed by atoms with Crippen LogP contribution in [0, 0.1) is 0 Å². The number of aromatic nitrogens is 2. The molecule has 1 aromatic heterocycles. The molecule has 4 nitrogen and oxygen atoms in total. The van der Waals surface area contributed by atoms with Crippen LogP contribution in [0.25, 0.3) is 0 Å². The molecule has 2 aromatic rings. The molecule has 0 saturated carbocycles. The molecule has 0 fully saturated rings. The highest BCUT2D eigenvalue weighted by molar-refractivity contribution is 9.10. The molecule has 1 aliphatic rings. The summed E-state index contributed by atoms with van der Waals surface area (Å²) < 4.78 is 2.68. The van der Waals surface area contributed by atoms with Gasteiger partial charge in [-0.25, -0.2) is 0 Å². The average Bonchev–Trinajstić information content (AvgIpc) is 2.91. The molecule has 0 bridgehead atoms. The first-order valence-electron chi connectivity index (χ1n) is 6.76. The normalized spacial score (nSPS) is 25.2. The molecule has 0 saturated heterocycles. The third-order valence-electron chi connectivity index (χ3n) is 3.95. The molecule has 20 heavy (non-hydrogen) atoms. The van der Waals surface area contributed by atoms with Crippen LogP contribution >= 0.6 is 15.9 Å². The second-order valence-electron chi connectivity index (χ2n) is 5.64. The molecule has 2 atom stereocenters. The fraction of sp³-hybridized carbons (Fsp3) is 0.400. The predicted molar refractivity (Wildman–Crippen MR) is 81.3 cm³/mol. The summed E-state index contributed by atoms with van der Waals surface area (Å²) in [4.78, 5) is 0. The van der Waals surface area contributed by atoms with Crippen LogP contribution in [0.5, 0.6) is 0 Å². The van der Waals surface area contributed by atoms with Gasteiger partial charge < -0.3 is 10.8 Å². The Morgan fingerprint density at radius 3 is 2.85 bits per heavy atom. The lowest BCUT2D eigenvalue weighted by molar-refractivity contribution is 0.0656. The average molecular weight is 336 g/mol. The van der Waals surface area contributed by atoms with Crippen molar-refractivity contribution in [1.82, 2.24) is 9.78 Å². The van der Waals surface area contributed by atoms with Gasteiger partial charge in [0.05, 0.1) is 16.4 Å². The summed E-state index contributed by atoms with van der Waals surface area (Å²) in [6.07, 6.45) is 2.21. The molecular weight excluding hydrogens is 318 g/mol. The van der Waals surface area contributed by atoms with E-state index in [1.165, 1.54) is 0 Å². The molecule has 2 unspecified atom stereocenters. The van der Waals surface area contributed by atoms with Gasteiger partial charge >= 0.3 is 0 Å². The third kappa shape index (κ3) is 1.84. The van der Waals surface area contributed by atoms with Crippen LogP contribution in [0.4, 0.5) is 0 Å². The number of hydrogen-bond acceptors (Lipinski definition) is 3. The zero-order valence-corrected chi connectivity index (χ0v) is 13.1. The van der Waals surface area contributed by atoms with Crippen molar-refractivity contribution >= 4 is 15.9 Å². The lowest BCUT2D eigenvalue weighted by Gasteiger charge is -2.27. The van der Waals surface area contributed by atoms with Gasteiger partial charge in [0, 0.05) is 18.5 Å². The van der Waals surface area contributed by atoms with Crippen molar-refractivity contribution in [2.75, 3.05) is 0 Å². The highest BCUT2D eigenvalue weighted by atomic mass is 79.9. The summed E-state index contributed by atoms with van der Waals surface area (Å²) in [7, 11) is 0. The van der Waals surface area contributed by atoms with Crippen molar-refractivity contribution in [2.45, 2.75) is 38.0 Å². The maximum absolute atomic E-state index is 11.3. The van der Waals surface area contributed by atoms with E-state index in [0.29, 0.717) is 6.42 Å². The predicted octanol–water partition coefficient (Wildman–Crippen LogP) is 2.87. The lowest BCUT2D eigenvalue weighted by atomic mass is 9.92. The van der Waals surface area contributed by atoms with Gasteiger partial charge in [0.2, 0.25) is 0 Å². The number of fused-ring (bicyclic) bond motifs is 1. The van der Waals surface area contributed by atoms with Gasteiger partial charge in [0.25, 0.3) is 0 Å². The quantitative estimate of drug-likeness (QED) is 0.886. The molecule has 0 amide bonds. The van der Waals surface area contributed by atoms with Gasteiger partial charge in [-0.3, -0.25) is 4.68 Å². The summed E-state index contributed by atoms with van der Waals surface area (Å²) in [5, 5.41) is 15.7. The molecular formula is C15H18BrN3O. The van der Waals surface area contributed by atoms with Crippen molar-refractivity contribution in [3.05, 3.63) is 51.8 Å². The van der Waals surface area contributed by atoms with Crippen LogP contribution in [0.1, 0.15) is 49.2 Å². The zero-order chi connectivity index (χ0) is 14.5. The van der Waals surface area contributed by atoms with E-state index in [9.17, 15) is 5.11 Å². The SMILES string of the molecule is CC(C)n1ncc(Br)c1C1(O)CC(N)c2ccccc21. The topological polar surface area (TPSA) is 64.1 Å². The van der Waals surface area contributed by atoms with Crippen LogP contribution < -0.4 is 5.73 Å². The number of rotatable bonds is 2. The smallest absolute Gasteiger partial charge is 0.134 e. The van der Waals surface area contributed by atoms with Crippen LogP contribution in [-0.4, -0.2) is 14.9 Å². The molecule has 0 spiro atoms. The molecule has 0 aliphatic heterocycles. The highest BCUT2D eigenvalue weighted by Gasteiger charge is 2.45. The maximum Gasteiger partial charge on any atom is 0.134 e.